The second-order valence-electron chi connectivity index (χ2n) is 9.45. The summed E-state index contributed by atoms with van der Waals surface area (Å²) >= 11 is 0. The van der Waals surface area contributed by atoms with E-state index in [1.165, 1.54) is 0 Å². The summed E-state index contributed by atoms with van der Waals surface area (Å²) in [5.41, 5.74) is 3.07. The highest BCUT2D eigenvalue weighted by Crippen LogP contribution is 2.36. The van der Waals surface area contributed by atoms with Gasteiger partial charge in [0.25, 0.3) is 0 Å². The van der Waals surface area contributed by atoms with Gasteiger partial charge in [-0.3, -0.25) is 10.00 Å². The van der Waals surface area contributed by atoms with Crippen LogP contribution in [0.4, 0.5) is 13.2 Å². The fraction of sp³-hybridized carbons (Fsp3) is 0.462. The maximum absolute atomic E-state index is 13.4. The quantitative estimate of drug-likeness (QED) is 0.473. The number of nitrogens with one attached hydrogen (secondary N) is 1. The molecule has 1 N–H and O–H groups in total. The van der Waals surface area contributed by atoms with Crippen molar-refractivity contribution in [1.29, 1.82) is 0 Å². The van der Waals surface area contributed by atoms with Crippen LogP contribution in [0.2, 0.25) is 0 Å². The minimum atomic E-state index is -4.42. The molecule has 7 nitrogen and oxygen atoms in total. The van der Waals surface area contributed by atoms with Crippen LogP contribution in [0.15, 0.2) is 48.5 Å². The van der Waals surface area contributed by atoms with E-state index >= 15 is 0 Å². The molecule has 3 atom stereocenters. The fourth-order valence-corrected chi connectivity index (χ4v) is 4.52. The number of benzene rings is 2. The molecule has 10 heteroatoms. The number of hydrogen-bond donors (Lipinski definition) is 1. The highest BCUT2D eigenvalue weighted by Gasteiger charge is 2.37. The maximum atomic E-state index is 13.4. The zero-order chi connectivity index (χ0) is 25.9. The van der Waals surface area contributed by atoms with Crippen molar-refractivity contribution >= 4 is 0 Å². The smallest absolute Gasteiger partial charge is 0.349 e. The Morgan fingerprint density at radius 1 is 1.19 bits per heavy atom. The number of nitrogens with zero attached hydrogens (tertiary/aromatic N) is 4. The van der Waals surface area contributed by atoms with Crippen LogP contribution in [-0.4, -0.2) is 58.7 Å². The molecule has 3 aromatic rings. The summed E-state index contributed by atoms with van der Waals surface area (Å²) in [4.78, 5) is 4.27. The number of alkyl halides is 3. The second-order valence-corrected chi connectivity index (χ2v) is 9.45. The molecule has 1 aliphatic rings. The second kappa shape index (κ2) is 11.1. The SMILES string of the molecule is Cc1cc([C@@H](C)OC2OCCN(Cc3nn[nH]c3CN(C)C)C2c2ccccc2)cc(C(F)(F)F)c1. The molecule has 0 spiro atoms. The van der Waals surface area contributed by atoms with E-state index in [2.05, 4.69) is 20.3 Å². The summed E-state index contributed by atoms with van der Waals surface area (Å²) in [7, 11) is 3.96. The summed E-state index contributed by atoms with van der Waals surface area (Å²) < 4.78 is 52.6. The molecule has 1 saturated heterocycles. The van der Waals surface area contributed by atoms with E-state index in [0.717, 1.165) is 29.1 Å². The van der Waals surface area contributed by atoms with Crippen LogP contribution in [0.5, 0.6) is 0 Å². The third-order valence-electron chi connectivity index (χ3n) is 6.22. The Hall–Kier alpha value is -2.79. The lowest BCUT2D eigenvalue weighted by molar-refractivity contribution is -0.231. The number of hydrogen-bond acceptors (Lipinski definition) is 6. The molecule has 36 heavy (non-hydrogen) atoms. The zero-order valence-corrected chi connectivity index (χ0v) is 20.9. The van der Waals surface area contributed by atoms with Gasteiger partial charge in [0.05, 0.1) is 30.0 Å². The molecule has 1 aliphatic heterocycles. The van der Waals surface area contributed by atoms with E-state index in [0.29, 0.717) is 37.4 Å². The van der Waals surface area contributed by atoms with Crippen molar-refractivity contribution in [1.82, 2.24) is 25.2 Å². The molecule has 0 aliphatic carbocycles. The van der Waals surface area contributed by atoms with Gasteiger partial charge in [-0.15, -0.1) is 5.10 Å². The van der Waals surface area contributed by atoms with Crippen LogP contribution in [0.1, 0.15) is 52.7 Å². The van der Waals surface area contributed by atoms with Crippen LogP contribution in [0.25, 0.3) is 0 Å². The molecule has 2 unspecified atom stereocenters. The van der Waals surface area contributed by atoms with Gasteiger partial charge in [-0.25, -0.2) is 0 Å². The molecule has 1 fully saturated rings. The van der Waals surface area contributed by atoms with Crippen molar-refractivity contribution in [2.24, 2.45) is 0 Å². The third kappa shape index (κ3) is 6.31. The number of morpholine rings is 1. The van der Waals surface area contributed by atoms with Crippen molar-refractivity contribution in [3.8, 4) is 0 Å². The van der Waals surface area contributed by atoms with E-state index in [1.807, 2.05) is 49.3 Å². The Balaban J connectivity index is 1.60. The average molecular weight is 504 g/mol. The number of aryl methyl sites for hydroxylation is 1. The van der Waals surface area contributed by atoms with Gasteiger partial charge in [0.2, 0.25) is 0 Å². The molecular weight excluding hydrogens is 471 g/mol. The topological polar surface area (TPSA) is 66.5 Å². The first-order chi connectivity index (χ1) is 17.1. The summed E-state index contributed by atoms with van der Waals surface area (Å²) in [6, 6.07) is 13.6. The Morgan fingerprint density at radius 2 is 1.94 bits per heavy atom. The van der Waals surface area contributed by atoms with Gasteiger partial charge in [-0.1, -0.05) is 47.2 Å². The lowest BCUT2D eigenvalue weighted by Crippen LogP contribution is -2.46. The largest absolute Gasteiger partial charge is 0.416 e. The van der Waals surface area contributed by atoms with E-state index in [4.69, 9.17) is 9.47 Å². The molecule has 0 radical (unpaired) electrons. The third-order valence-corrected chi connectivity index (χ3v) is 6.22. The monoisotopic (exact) mass is 503 g/mol. The Labute approximate surface area is 209 Å². The lowest BCUT2D eigenvalue weighted by Gasteiger charge is -2.42. The first-order valence-corrected chi connectivity index (χ1v) is 11.9. The van der Waals surface area contributed by atoms with Gasteiger partial charge in [0, 0.05) is 19.6 Å². The summed E-state index contributed by atoms with van der Waals surface area (Å²) in [6.07, 6.45) is -5.72. The summed E-state index contributed by atoms with van der Waals surface area (Å²) in [6.45, 7) is 5.67. The molecular formula is C26H32F3N5O2. The number of ether oxygens (including phenoxy) is 2. The van der Waals surface area contributed by atoms with Gasteiger partial charge in [-0.05, 0) is 51.2 Å². The average Bonchev–Trinajstić information content (AvgIpc) is 3.24. The van der Waals surface area contributed by atoms with Gasteiger partial charge < -0.3 is 14.4 Å². The van der Waals surface area contributed by atoms with Gasteiger partial charge in [0.15, 0.2) is 6.29 Å². The number of halogens is 3. The Kier molecular flexibility index (Phi) is 8.09. The predicted molar refractivity (Wildman–Crippen MR) is 129 cm³/mol. The van der Waals surface area contributed by atoms with Crippen LogP contribution in [-0.2, 0) is 28.7 Å². The van der Waals surface area contributed by atoms with E-state index in [1.54, 1.807) is 19.9 Å². The Morgan fingerprint density at radius 3 is 2.64 bits per heavy atom. The van der Waals surface area contributed by atoms with E-state index in [-0.39, 0.29) is 6.04 Å². The standard InChI is InChI=1S/C26H32F3N5O2/c1-17-12-20(14-21(13-17)26(27,28)29)18(2)36-25-24(19-8-6-5-7-9-19)34(10-11-35-25)16-23-22(15-33(3)4)30-32-31-23/h5-9,12-14,18,24-25H,10-11,15-16H2,1-4H3,(H,30,31,32)/t18-,24?,25?/m1/s1. The maximum Gasteiger partial charge on any atom is 0.416 e. The van der Waals surface area contributed by atoms with Crippen molar-refractivity contribution < 1.29 is 22.6 Å². The molecule has 0 amide bonds. The first kappa shape index (κ1) is 26.3. The van der Waals surface area contributed by atoms with Crippen LogP contribution < -0.4 is 0 Å². The summed E-state index contributed by atoms with van der Waals surface area (Å²) in [5.74, 6) is 0. The molecule has 2 heterocycles. The van der Waals surface area contributed by atoms with Crippen LogP contribution in [0, 0.1) is 6.92 Å². The summed E-state index contributed by atoms with van der Waals surface area (Å²) in [5, 5.41) is 11.3. The molecule has 0 bridgehead atoms. The van der Waals surface area contributed by atoms with Crippen molar-refractivity contribution in [2.45, 2.75) is 51.5 Å². The minimum Gasteiger partial charge on any atom is -0.349 e. The zero-order valence-electron chi connectivity index (χ0n) is 20.9. The molecule has 4 rings (SSSR count). The number of H-pyrrole nitrogens is 1. The normalized spacial score (nSPS) is 20.1. The van der Waals surface area contributed by atoms with Gasteiger partial charge in [0.1, 0.15) is 5.69 Å². The van der Waals surface area contributed by atoms with Gasteiger partial charge >= 0.3 is 6.18 Å². The highest BCUT2D eigenvalue weighted by molar-refractivity contribution is 5.32. The van der Waals surface area contributed by atoms with Gasteiger partial charge in [-0.2, -0.15) is 13.2 Å². The van der Waals surface area contributed by atoms with Crippen molar-refractivity contribution in [3.05, 3.63) is 82.2 Å². The van der Waals surface area contributed by atoms with Crippen LogP contribution >= 0.6 is 0 Å². The number of aromatic nitrogens is 3. The predicted octanol–water partition coefficient (Wildman–Crippen LogP) is 4.87. The Bertz CT molecular complexity index is 1140. The molecule has 0 saturated carbocycles. The molecule has 1 aromatic heterocycles. The van der Waals surface area contributed by atoms with E-state index < -0.39 is 24.1 Å². The molecule has 2 aromatic carbocycles. The lowest BCUT2D eigenvalue weighted by atomic mass is 10.0. The number of rotatable bonds is 8. The minimum absolute atomic E-state index is 0.279. The molecule has 194 valence electrons. The first-order valence-electron chi connectivity index (χ1n) is 11.9. The number of aromatic amines is 1. The van der Waals surface area contributed by atoms with Crippen LogP contribution in [0.3, 0.4) is 0 Å². The van der Waals surface area contributed by atoms with Crippen molar-refractivity contribution in [2.75, 3.05) is 27.2 Å². The van der Waals surface area contributed by atoms with E-state index in [9.17, 15) is 13.2 Å². The van der Waals surface area contributed by atoms with Crippen molar-refractivity contribution in [3.63, 3.8) is 0 Å². The highest BCUT2D eigenvalue weighted by atomic mass is 19.4. The fourth-order valence-electron chi connectivity index (χ4n) is 4.52.